The largest absolute Gasteiger partial charge is 0.465 e. The van der Waals surface area contributed by atoms with E-state index in [-0.39, 0.29) is 18.1 Å². The number of ether oxygens (including phenoxy) is 2. The first-order chi connectivity index (χ1) is 12.2. The van der Waals surface area contributed by atoms with Gasteiger partial charge < -0.3 is 14.4 Å². The molecule has 0 saturated carbocycles. The zero-order chi connectivity index (χ0) is 19.3. The Morgan fingerprint density at radius 1 is 1.08 bits per heavy atom. The monoisotopic (exact) mass is 368 g/mol. The molecule has 0 spiro atoms. The van der Waals surface area contributed by atoms with Gasteiger partial charge in [0.2, 0.25) is 0 Å². The van der Waals surface area contributed by atoms with Crippen molar-refractivity contribution in [3.63, 3.8) is 0 Å². The minimum Gasteiger partial charge on any atom is -0.465 e. The van der Waals surface area contributed by atoms with Crippen molar-refractivity contribution in [2.45, 2.75) is 71.9 Å². The van der Waals surface area contributed by atoms with Crippen molar-refractivity contribution in [2.24, 2.45) is 11.8 Å². The number of rotatable bonds is 4. The molecule has 2 saturated heterocycles. The molecule has 0 aliphatic carbocycles. The summed E-state index contributed by atoms with van der Waals surface area (Å²) in [7, 11) is 0. The molecule has 2 heterocycles. The summed E-state index contributed by atoms with van der Waals surface area (Å²) < 4.78 is 10.7. The number of carbonyl (C=O) groups is 2. The third-order valence-corrected chi connectivity index (χ3v) is 5.52. The van der Waals surface area contributed by atoms with Gasteiger partial charge in [-0.1, -0.05) is 0 Å². The Kier molecular flexibility index (Phi) is 7.33. The Morgan fingerprint density at radius 2 is 1.73 bits per heavy atom. The first-order valence-electron chi connectivity index (χ1n) is 10.1. The third kappa shape index (κ3) is 5.86. The van der Waals surface area contributed by atoms with Gasteiger partial charge in [-0.25, -0.2) is 4.79 Å². The summed E-state index contributed by atoms with van der Waals surface area (Å²) in [6, 6.07) is -0.167. The Balaban J connectivity index is 1.83. The quantitative estimate of drug-likeness (QED) is 0.713. The second-order valence-corrected chi connectivity index (χ2v) is 8.63. The van der Waals surface area contributed by atoms with Gasteiger partial charge in [0.25, 0.3) is 0 Å². The van der Waals surface area contributed by atoms with Crippen LogP contribution in [0.25, 0.3) is 0 Å². The summed E-state index contributed by atoms with van der Waals surface area (Å²) in [5.41, 5.74) is -0.443. The number of likely N-dealkylation sites (tertiary alicyclic amines) is 2. The van der Waals surface area contributed by atoms with E-state index in [1.165, 1.54) is 6.42 Å². The van der Waals surface area contributed by atoms with Crippen molar-refractivity contribution in [1.29, 1.82) is 0 Å². The third-order valence-electron chi connectivity index (χ3n) is 5.52. The summed E-state index contributed by atoms with van der Waals surface area (Å²) in [6.07, 6.45) is 4.18. The minimum absolute atomic E-state index is 0.118. The van der Waals surface area contributed by atoms with Crippen molar-refractivity contribution in [2.75, 3.05) is 32.8 Å². The second-order valence-electron chi connectivity index (χ2n) is 8.63. The fourth-order valence-corrected chi connectivity index (χ4v) is 4.07. The van der Waals surface area contributed by atoms with Crippen LogP contribution in [0.3, 0.4) is 0 Å². The van der Waals surface area contributed by atoms with Crippen molar-refractivity contribution >= 4 is 12.1 Å². The summed E-state index contributed by atoms with van der Waals surface area (Å²) in [5.74, 6) is 1.10. The minimum atomic E-state index is -0.443. The number of esters is 1. The van der Waals surface area contributed by atoms with E-state index in [9.17, 15) is 9.59 Å². The van der Waals surface area contributed by atoms with Crippen LogP contribution in [-0.2, 0) is 14.3 Å². The maximum atomic E-state index is 12.2. The molecule has 150 valence electrons. The molecular weight excluding hydrogens is 332 g/mol. The van der Waals surface area contributed by atoms with Gasteiger partial charge in [0.05, 0.1) is 6.61 Å². The molecule has 0 radical (unpaired) electrons. The van der Waals surface area contributed by atoms with Crippen LogP contribution in [0.2, 0.25) is 0 Å². The first kappa shape index (κ1) is 21.0. The lowest BCUT2D eigenvalue weighted by atomic mass is 9.79. The molecule has 2 aliphatic heterocycles. The smallest absolute Gasteiger partial charge is 0.410 e. The highest BCUT2D eigenvalue weighted by Gasteiger charge is 2.35. The van der Waals surface area contributed by atoms with E-state index in [1.54, 1.807) is 0 Å². The van der Waals surface area contributed by atoms with Crippen molar-refractivity contribution in [3.05, 3.63) is 0 Å². The van der Waals surface area contributed by atoms with Crippen LogP contribution in [0.5, 0.6) is 0 Å². The maximum Gasteiger partial charge on any atom is 0.410 e. The molecule has 0 aromatic heterocycles. The summed E-state index contributed by atoms with van der Waals surface area (Å²) in [4.78, 5) is 28.4. The van der Waals surface area contributed by atoms with E-state index in [0.717, 1.165) is 45.4 Å². The van der Waals surface area contributed by atoms with Crippen LogP contribution in [0.1, 0.15) is 60.3 Å². The Labute approximate surface area is 158 Å². The predicted molar refractivity (Wildman–Crippen MR) is 101 cm³/mol. The van der Waals surface area contributed by atoms with Gasteiger partial charge in [-0.3, -0.25) is 9.69 Å². The number of piperidine rings is 2. The van der Waals surface area contributed by atoms with Gasteiger partial charge in [-0.15, -0.1) is 0 Å². The molecule has 2 unspecified atom stereocenters. The predicted octanol–water partition coefficient (Wildman–Crippen LogP) is 3.30. The lowest BCUT2D eigenvalue weighted by molar-refractivity contribution is -0.149. The molecule has 0 aromatic rings. The van der Waals surface area contributed by atoms with Crippen molar-refractivity contribution < 1.29 is 19.1 Å². The van der Waals surface area contributed by atoms with E-state index in [1.807, 2.05) is 39.5 Å². The molecule has 2 fully saturated rings. The topological polar surface area (TPSA) is 59.1 Å². The van der Waals surface area contributed by atoms with Crippen molar-refractivity contribution in [1.82, 2.24) is 9.80 Å². The van der Waals surface area contributed by atoms with E-state index in [4.69, 9.17) is 9.47 Å². The SMILES string of the molecule is CCOC(=O)C(C)N1CCCC(C2CCN(C(=O)OC(C)(C)C)CC2)C1. The summed E-state index contributed by atoms with van der Waals surface area (Å²) in [5, 5.41) is 0. The molecule has 2 rings (SSSR count). The van der Waals surface area contributed by atoms with Crippen molar-refractivity contribution in [3.8, 4) is 0 Å². The highest BCUT2D eigenvalue weighted by molar-refractivity contribution is 5.75. The van der Waals surface area contributed by atoms with Gasteiger partial charge in [0, 0.05) is 19.6 Å². The van der Waals surface area contributed by atoms with Crippen LogP contribution in [0.4, 0.5) is 4.79 Å². The zero-order valence-electron chi connectivity index (χ0n) is 17.1. The maximum absolute atomic E-state index is 12.2. The average molecular weight is 369 g/mol. The van der Waals surface area contributed by atoms with Crippen LogP contribution in [0.15, 0.2) is 0 Å². The van der Waals surface area contributed by atoms with E-state index < -0.39 is 5.60 Å². The Bertz CT molecular complexity index is 481. The van der Waals surface area contributed by atoms with Gasteiger partial charge in [-0.05, 0) is 78.7 Å². The van der Waals surface area contributed by atoms with Gasteiger partial charge in [-0.2, -0.15) is 0 Å². The second kappa shape index (κ2) is 9.07. The standard InChI is InChI=1S/C20H36N2O4/c1-6-25-18(23)15(2)22-11-7-8-17(14-22)16-9-12-21(13-10-16)19(24)26-20(3,4)5/h15-17H,6-14H2,1-5H3. The molecule has 2 atom stereocenters. The molecule has 26 heavy (non-hydrogen) atoms. The van der Waals surface area contributed by atoms with E-state index in [2.05, 4.69) is 4.90 Å². The normalized spacial score (nSPS) is 24.2. The van der Waals surface area contributed by atoms with Crippen LogP contribution in [-0.4, -0.2) is 66.3 Å². The zero-order valence-corrected chi connectivity index (χ0v) is 17.1. The molecule has 0 aromatic carbocycles. The number of hydrogen-bond acceptors (Lipinski definition) is 5. The molecule has 6 heteroatoms. The lowest BCUT2D eigenvalue weighted by Crippen LogP contribution is -2.49. The van der Waals surface area contributed by atoms with Gasteiger partial charge in [0.1, 0.15) is 11.6 Å². The highest BCUT2D eigenvalue weighted by atomic mass is 16.6. The fourth-order valence-electron chi connectivity index (χ4n) is 4.07. The number of amides is 1. The number of hydrogen-bond donors (Lipinski definition) is 0. The Morgan fingerprint density at radius 3 is 2.31 bits per heavy atom. The average Bonchev–Trinajstić information content (AvgIpc) is 2.60. The number of carbonyl (C=O) groups excluding carboxylic acids is 2. The van der Waals surface area contributed by atoms with Crippen LogP contribution < -0.4 is 0 Å². The summed E-state index contributed by atoms with van der Waals surface area (Å²) >= 11 is 0. The molecule has 2 aliphatic rings. The van der Waals surface area contributed by atoms with Crippen LogP contribution >= 0.6 is 0 Å². The molecule has 0 bridgehead atoms. The molecular formula is C20H36N2O4. The lowest BCUT2D eigenvalue weighted by Gasteiger charge is -2.42. The molecule has 6 nitrogen and oxygen atoms in total. The highest BCUT2D eigenvalue weighted by Crippen LogP contribution is 2.32. The number of nitrogens with zero attached hydrogens (tertiary/aromatic N) is 2. The Hall–Kier alpha value is -1.30. The van der Waals surface area contributed by atoms with Gasteiger partial charge in [0.15, 0.2) is 0 Å². The molecule has 0 N–H and O–H groups in total. The van der Waals surface area contributed by atoms with E-state index in [0.29, 0.717) is 18.4 Å². The van der Waals surface area contributed by atoms with Gasteiger partial charge >= 0.3 is 12.1 Å². The molecule has 1 amide bonds. The van der Waals surface area contributed by atoms with E-state index >= 15 is 0 Å². The first-order valence-corrected chi connectivity index (χ1v) is 10.1. The summed E-state index contributed by atoms with van der Waals surface area (Å²) in [6.45, 7) is 13.4. The fraction of sp³-hybridized carbons (Fsp3) is 0.900. The van der Waals surface area contributed by atoms with Crippen LogP contribution in [0, 0.1) is 11.8 Å².